The first-order valence-corrected chi connectivity index (χ1v) is 8.06. The molecule has 1 atom stereocenters. The number of carbonyl (C=O) groups excluding carboxylic acids is 1. The first kappa shape index (κ1) is 15.5. The van der Waals surface area contributed by atoms with Gasteiger partial charge in [-0.15, -0.1) is 0 Å². The SMILES string of the molecule is COc1ccccc1CCC(=O)N1CCCC[C@H]1c1ncn[nH]1. The summed E-state index contributed by atoms with van der Waals surface area (Å²) < 4.78 is 5.35. The predicted octanol–water partition coefficient (Wildman–Crippen LogP) is 2.50. The molecule has 6 nitrogen and oxygen atoms in total. The van der Waals surface area contributed by atoms with Crippen LogP contribution in [0.3, 0.4) is 0 Å². The molecule has 0 unspecified atom stereocenters. The number of aromatic amines is 1. The maximum Gasteiger partial charge on any atom is 0.223 e. The maximum atomic E-state index is 12.7. The molecular weight excluding hydrogens is 292 g/mol. The molecule has 23 heavy (non-hydrogen) atoms. The van der Waals surface area contributed by atoms with Gasteiger partial charge in [0.2, 0.25) is 5.91 Å². The average Bonchev–Trinajstić information content (AvgIpc) is 3.14. The van der Waals surface area contributed by atoms with Gasteiger partial charge in [0.15, 0.2) is 0 Å². The van der Waals surface area contributed by atoms with Gasteiger partial charge in [0.05, 0.1) is 13.2 Å². The molecule has 2 heterocycles. The zero-order valence-electron chi connectivity index (χ0n) is 13.4. The number of carbonyl (C=O) groups is 1. The monoisotopic (exact) mass is 314 g/mol. The Morgan fingerprint density at radius 1 is 1.39 bits per heavy atom. The molecule has 1 saturated heterocycles. The van der Waals surface area contributed by atoms with Gasteiger partial charge in [-0.05, 0) is 37.3 Å². The highest BCUT2D eigenvalue weighted by Crippen LogP contribution is 2.29. The maximum absolute atomic E-state index is 12.7. The minimum Gasteiger partial charge on any atom is -0.496 e. The first-order chi connectivity index (χ1) is 11.3. The van der Waals surface area contributed by atoms with E-state index in [1.165, 1.54) is 6.33 Å². The number of para-hydroxylation sites is 1. The van der Waals surface area contributed by atoms with Crippen LogP contribution >= 0.6 is 0 Å². The number of amides is 1. The largest absolute Gasteiger partial charge is 0.496 e. The van der Waals surface area contributed by atoms with Gasteiger partial charge in [-0.2, -0.15) is 5.10 Å². The van der Waals surface area contributed by atoms with Crippen LogP contribution in [0.25, 0.3) is 0 Å². The van der Waals surface area contributed by atoms with Crippen LogP contribution in [0.2, 0.25) is 0 Å². The summed E-state index contributed by atoms with van der Waals surface area (Å²) in [6.07, 6.45) is 5.76. The van der Waals surface area contributed by atoms with Gasteiger partial charge in [0.25, 0.3) is 0 Å². The van der Waals surface area contributed by atoms with E-state index in [4.69, 9.17) is 4.74 Å². The molecule has 2 aromatic rings. The van der Waals surface area contributed by atoms with E-state index in [0.717, 1.165) is 42.9 Å². The van der Waals surface area contributed by atoms with Gasteiger partial charge in [0, 0.05) is 13.0 Å². The smallest absolute Gasteiger partial charge is 0.223 e. The molecule has 1 aromatic carbocycles. The fraction of sp³-hybridized carbons (Fsp3) is 0.471. The van der Waals surface area contributed by atoms with E-state index < -0.39 is 0 Å². The molecule has 6 heteroatoms. The molecule has 1 N–H and O–H groups in total. The summed E-state index contributed by atoms with van der Waals surface area (Å²) in [6, 6.07) is 7.88. The summed E-state index contributed by atoms with van der Waals surface area (Å²) in [5, 5.41) is 6.83. The number of piperidine rings is 1. The van der Waals surface area contributed by atoms with Crippen molar-refractivity contribution in [2.24, 2.45) is 0 Å². The number of hydrogen-bond donors (Lipinski definition) is 1. The molecule has 1 fully saturated rings. The Balaban J connectivity index is 1.66. The van der Waals surface area contributed by atoms with Crippen LogP contribution in [0.1, 0.15) is 43.1 Å². The number of aromatic nitrogens is 3. The normalized spacial score (nSPS) is 18.0. The van der Waals surface area contributed by atoms with Gasteiger partial charge in [-0.25, -0.2) is 4.98 Å². The third kappa shape index (κ3) is 3.52. The molecule has 0 spiro atoms. The number of nitrogens with one attached hydrogen (secondary N) is 1. The summed E-state index contributed by atoms with van der Waals surface area (Å²) in [7, 11) is 1.66. The van der Waals surface area contributed by atoms with Crippen LogP contribution in [0, 0.1) is 0 Å². The van der Waals surface area contributed by atoms with Crippen LogP contribution in [-0.4, -0.2) is 39.6 Å². The Hall–Kier alpha value is -2.37. The van der Waals surface area contributed by atoms with Crippen LogP contribution in [-0.2, 0) is 11.2 Å². The van der Waals surface area contributed by atoms with E-state index in [0.29, 0.717) is 12.8 Å². The highest BCUT2D eigenvalue weighted by Gasteiger charge is 2.29. The minimum absolute atomic E-state index is 0.0245. The van der Waals surface area contributed by atoms with E-state index in [1.54, 1.807) is 7.11 Å². The molecular formula is C17H22N4O2. The van der Waals surface area contributed by atoms with Crippen molar-refractivity contribution in [3.8, 4) is 5.75 Å². The molecule has 0 radical (unpaired) electrons. The quantitative estimate of drug-likeness (QED) is 0.920. The minimum atomic E-state index is 0.0245. The summed E-state index contributed by atoms with van der Waals surface area (Å²) >= 11 is 0. The van der Waals surface area contributed by atoms with Crippen LogP contribution in [0.5, 0.6) is 5.75 Å². The molecule has 1 aliphatic rings. The van der Waals surface area contributed by atoms with Crippen LogP contribution < -0.4 is 4.74 Å². The zero-order valence-corrected chi connectivity index (χ0v) is 13.4. The summed E-state index contributed by atoms with van der Waals surface area (Å²) in [5.74, 6) is 1.79. The second-order valence-electron chi connectivity index (χ2n) is 5.78. The highest BCUT2D eigenvalue weighted by molar-refractivity contribution is 5.77. The summed E-state index contributed by atoms with van der Waals surface area (Å²) in [6.45, 7) is 0.788. The number of methoxy groups -OCH3 is 1. The van der Waals surface area contributed by atoms with Gasteiger partial charge in [-0.1, -0.05) is 18.2 Å². The van der Waals surface area contributed by atoms with E-state index in [1.807, 2.05) is 29.2 Å². The van der Waals surface area contributed by atoms with Crippen molar-refractivity contribution in [1.82, 2.24) is 20.1 Å². The van der Waals surface area contributed by atoms with Crippen molar-refractivity contribution in [3.63, 3.8) is 0 Å². The Bertz CT molecular complexity index is 642. The molecule has 3 rings (SSSR count). The van der Waals surface area contributed by atoms with Gasteiger partial charge >= 0.3 is 0 Å². The lowest BCUT2D eigenvalue weighted by molar-refractivity contribution is -0.135. The van der Waals surface area contributed by atoms with Gasteiger partial charge in [0.1, 0.15) is 17.9 Å². The van der Waals surface area contributed by atoms with Crippen molar-refractivity contribution in [1.29, 1.82) is 0 Å². The Kier molecular flexibility index (Phi) is 4.90. The van der Waals surface area contributed by atoms with E-state index in [9.17, 15) is 4.79 Å². The number of nitrogens with zero attached hydrogens (tertiary/aromatic N) is 3. The Labute approximate surface area is 135 Å². The third-order valence-electron chi connectivity index (χ3n) is 4.37. The van der Waals surface area contributed by atoms with E-state index in [2.05, 4.69) is 15.2 Å². The lowest BCUT2D eigenvalue weighted by Crippen LogP contribution is -2.39. The molecule has 0 bridgehead atoms. The fourth-order valence-corrected chi connectivity index (χ4v) is 3.18. The predicted molar refractivity (Wildman–Crippen MR) is 86.0 cm³/mol. The van der Waals surface area contributed by atoms with Gasteiger partial charge < -0.3 is 9.64 Å². The van der Waals surface area contributed by atoms with Crippen molar-refractivity contribution in [3.05, 3.63) is 42.0 Å². The molecule has 0 aliphatic carbocycles. The standard InChI is InChI=1S/C17H22N4O2/c1-23-15-8-3-2-6-13(15)9-10-16(22)21-11-5-4-7-14(21)17-18-12-19-20-17/h2-3,6,8,12,14H,4-5,7,9-11H2,1H3,(H,18,19,20)/t14-/m0/s1. The second-order valence-corrected chi connectivity index (χ2v) is 5.78. The average molecular weight is 314 g/mol. The van der Waals surface area contributed by atoms with E-state index in [-0.39, 0.29) is 11.9 Å². The number of benzene rings is 1. The van der Waals surface area contributed by atoms with Crippen molar-refractivity contribution in [2.75, 3.05) is 13.7 Å². The molecule has 1 aliphatic heterocycles. The van der Waals surface area contributed by atoms with Crippen molar-refractivity contribution < 1.29 is 9.53 Å². The number of rotatable bonds is 5. The van der Waals surface area contributed by atoms with Crippen LogP contribution in [0.4, 0.5) is 0 Å². The van der Waals surface area contributed by atoms with Crippen LogP contribution in [0.15, 0.2) is 30.6 Å². The number of likely N-dealkylation sites (tertiary alicyclic amines) is 1. The molecule has 1 amide bonds. The Morgan fingerprint density at radius 2 is 2.26 bits per heavy atom. The number of H-pyrrole nitrogens is 1. The number of ether oxygens (including phenoxy) is 1. The third-order valence-corrected chi connectivity index (χ3v) is 4.37. The second kappa shape index (κ2) is 7.26. The van der Waals surface area contributed by atoms with Crippen molar-refractivity contribution >= 4 is 5.91 Å². The number of hydrogen-bond acceptors (Lipinski definition) is 4. The van der Waals surface area contributed by atoms with E-state index >= 15 is 0 Å². The lowest BCUT2D eigenvalue weighted by Gasteiger charge is -2.34. The lowest BCUT2D eigenvalue weighted by atomic mass is 10.00. The highest BCUT2D eigenvalue weighted by atomic mass is 16.5. The summed E-state index contributed by atoms with van der Waals surface area (Å²) in [5.41, 5.74) is 1.07. The number of aryl methyl sites for hydroxylation is 1. The first-order valence-electron chi connectivity index (χ1n) is 8.06. The zero-order chi connectivity index (χ0) is 16.1. The molecule has 122 valence electrons. The Morgan fingerprint density at radius 3 is 3.04 bits per heavy atom. The van der Waals surface area contributed by atoms with Crippen molar-refractivity contribution in [2.45, 2.75) is 38.1 Å². The molecule has 0 saturated carbocycles. The summed E-state index contributed by atoms with van der Waals surface area (Å²) in [4.78, 5) is 18.9. The molecule has 1 aromatic heterocycles. The van der Waals surface area contributed by atoms with Gasteiger partial charge in [-0.3, -0.25) is 9.89 Å². The fourth-order valence-electron chi connectivity index (χ4n) is 3.18. The topological polar surface area (TPSA) is 71.1 Å².